The Labute approximate surface area is 112 Å². The van der Waals surface area contributed by atoms with Crippen molar-refractivity contribution in [2.45, 2.75) is 18.4 Å². The zero-order valence-corrected chi connectivity index (χ0v) is 10.6. The Kier molecular flexibility index (Phi) is 4.55. The Morgan fingerprint density at radius 3 is 2.11 bits per heavy atom. The number of aromatic hydroxyl groups is 1. The standard InChI is InChI=1S/C16H18O3/c17-11-15(13-4-2-1-3-5-13)16(19)10-12-6-8-14(18)9-7-12/h1-9,15-19H,10-11H2. The molecule has 3 nitrogen and oxygen atoms in total. The molecule has 0 saturated heterocycles. The summed E-state index contributed by atoms with van der Waals surface area (Å²) in [5, 5.41) is 29.0. The minimum absolute atomic E-state index is 0.0940. The fourth-order valence-corrected chi connectivity index (χ4v) is 2.17. The summed E-state index contributed by atoms with van der Waals surface area (Å²) in [6.45, 7) is -0.0940. The van der Waals surface area contributed by atoms with E-state index in [1.54, 1.807) is 24.3 Å². The summed E-state index contributed by atoms with van der Waals surface area (Å²) in [5.74, 6) is -0.0880. The first-order valence-corrected chi connectivity index (χ1v) is 6.32. The van der Waals surface area contributed by atoms with Gasteiger partial charge in [-0.2, -0.15) is 0 Å². The van der Waals surface area contributed by atoms with Crippen LogP contribution in [-0.2, 0) is 6.42 Å². The van der Waals surface area contributed by atoms with E-state index < -0.39 is 6.10 Å². The second kappa shape index (κ2) is 6.36. The van der Waals surface area contributed by atoms with Gasteiger partial charge in [0.1, 0.15) is 5.75 Å². The molecule has 0 aliphatic heterocycles. The van der Waals surface area contributed by atoms with E-state index >= 15 is 0 Å². The molecular weight excluding hydrogens is 240 g/mol. The molecule has 0 spiro atoms. The highest BCUT2D eigenvalue weighted by molar-refractivity contribution is 5.27. The maximum absolute atomic E-state index is 10.3. The second-order valence-electron chi connectivity index (χ2n) is 4.64. The van der Waals surface area contributed by atoms with Crippen molar-refractivity contribution >= 4 is 0 Å². The second-order valence-corrected chi connectivity index (χ2v) is 4.64. The molecule has 0 saturated carbocycles. The molecule has 0 bridgehead atoms. The van der Waals surface area contributed by atoms with Crippen LogP contribution in [0.2, 0.25) is 0 Å². The van der Waals surface area contributed by atoms with Crippen LogP contribution in [0.5, 0.6) is 5.75 Å². The van der Waals surface area contributed by atoms with Gasteiger partial charge in [0.25, 0.3) is 0 Å². The molecule has 19 heavy (non-hydrogen) atoms. The van der Waals surface area contributed by atoms with Crippen molar-refractivity contribution in [2.75, 3.05) is 6.61 Å². The molecule has 0 heterocycles. The van der Waals surface area contributed by atoms with Crippen molar-refractivity contribution in [1.82, 2.24) is 0 Å². The lowest BCUT2D eigenvalue weighted by molar-refractivity contribution is 0.106. The van der Waals surface area contributed by atoms with Crippen molar-refractivity contribution in [1.29, 1.82) is 0 Å². The molecule has 0 radical (unpaired) electrons. The van der Waals surface area contributed by atoms with E-state index in [0.29, 0.717) is 6.42 Å². The Hall–Kier alpha value is -1.84. The van der Waals surface area contributed by atoms with Crippen LogP contribution in [0.15, 0.2) is 54.6 Å². The predicted octanol–water partition coefficient (Wildman–Crippen LogP) is 2.07. The van der Waals surface area contributed by atoms with Crippen LogP contribution in [0.3, 0.4) is 0 Å². The summed E-state index contributed by atoms with van der Waals surface area (Å²) >= 11 is 0. The SMILES string of the molecule is OCC(c1ccccc1)C(O)Cc1ccc(O)cc1. The smallest absolute Gasteiger partial charge is 0.115 e. The molecule has 0 fully saturated rings. The van der Waals surface area contributed by atoms with E-state index in [4.69, 9.17) is 0 Å². The quantitative estimate of drug-likeness (QED) is 0.769. The van der Waals surface area contributed by atoms with Crippen LogP contribution in [0.25, 0.3) is 0 Å². The van der Waals surface area contributed by atoms with Crippen molar-refractivity contribution in [2.24, 2.45) is 0 Å². The topological polar surface area (TPSA) is 60.7 Å². The van der Waals surface area contributed by atoms with Crippen LogP contribution in [-0.4, -0.2) is 28.0 Å². The third-order valence-corrected chi connectivity index (χ3v) is 3.27. The molecule has 2 rings (SSSR count). The van der Waals surface area contributed by atoms with Crippen LogP contribution in [0.1, 0.15) is 17.0 Å². The third-order valence-electron chi connectivity index (χ3n) is 3.27. The van der Waals surface area contributed by atoms with Crippen molar-refractivity contribution < 1.29 is 15.3 Å². The minimum Gasteiger partial charge on any atom is -0.508 e. The van der Waals surface area contributed by atoms with Crippen LogP contribution < -0.4 is 0 Å². The molecule has 0 aromatic heterocycles. The van der Waals surface area contributed by atoms with Gasteiger partial charge < -0.3 is 15.3 Å². The van der Waals surface area contributed by atoms with Gasteiger partial charge in [0.05, 0.1) is 12.7 Å². The third kappa shape index (κ3) is 3.56. The summed E-state index contributed by atoms with van der Waals surface area (Å²) in [4.78, 5) is 0. The molecular formula is C16H18O3. The number of hydrogen-bond acceptors (Lipinski definition) is 3. The number of benzene rings is 2. The molecule has 100 valence electrons. The summed E-state index contributed by atoms with van der Waals surface area (Å²) < 4.78 is 0. The van der Waals surface area contributed by atoms with Crippen LogP contribution in [0.4, 0.5) is 0 Å². The largest absolute Gasteiger partial charge is 0.508 e. The molecule has 2 aromatic carbocycles. The van der Waals surface area contributed by atoms with Crippen molar-refractivity contribution in [3.05, 3.63) is 65.7 Å². The van der Waals surface area contributed by atoms with Gasteiger partial charge in [-0.25, -0.2) is 0 Å². The van der Waals surface area contributed by atoms with Crippen molar-refractivity contribution in [3.63, 3.8) is 0 Å². The fourth-order valence-electron chi connectivity index (χ4n) is 2.17. The van der Waals surface area contributed by atoms with E-state index in [1.807, 2.05) is 30.3 Å². The van der Waals surface area contributed by atoms with Gasteiger partial charge in [0, 0.05) is 5.92 Å². The number of aliphatic hydroxyl groups is 2. The minimum atomic E-state index is -0.656. The van der Waals surface area contributed by atoms with Gasteiger partial charge in [-0.15, -0.1) is 0 Å². The zero-order chi connectivity index (χ0) is 13.7. The van der Waals surface area contributed by atoms with Gasteiger partial charge in [0.15, 0.2) is 0 Å². The normalized spacial score (nSPS) is 14.0. The predicted molar refractivity (Wildman–Crippen MR) is 74.1 cm³/mol. The highest BCUT2D eigenvalue weighted by Gasteiger charge is 2.20. The first kappa shape index (κ1) is 13.6. The van der Waals surface area contributed by atoms with E-state index in [1.165, 1.54) is 0 Å². The number of rotatable bonds is 5. The summed E-state index contributed by atoms with van der Waals surface area (Å²) in [5.41, 5.74) is 1.86. The number of aliphatic hydroxyl groups excluding tert-OH is 2. The molecule has 3 N–H and O–H groups in total. The van der Waals surface area contributed by atoms with Crippen LogP contribution >= 0.6 is 0 Å². The average molecular weight is 258 g/mol. The lowest BCUT2D eigenvalue weighted by atomic mass is 9.90. The fraction of sp³-hybridized carbons (Fsp3) is 0.250. The lowest BCUT2D eigenvalue weighted by Gasteiger charge is -2.21. The molecule has 2 unspecified atom stereocenters. The van der Waals surface area contributed by atoms with Gasteiger partial charge >= 0.3 is 0 Å². The highest BCUT2D eigenvalue weighted by atomic mass is 16.3. The van der Waals surface area contributed by atoms with Crippen LogP contribution in [0, 0.1) is 0 Å². The van der Waals surface area contributed by atoms with Gasteiger partial charge in [0.2, 0.25) is 0 Å². The molecule has 3 heteroatoms. The average Bonchev–Trinajstić information content (AvgIpc) is 2.43. The Balaban J connectivity index is 2.09. The van der Waals surface area contributed by atoms with E-state index in [2.05, 4.69) is 0 Å². The Bertz CT molecular complexity index is 493. The van der Waals surface area contributed by atoms with Gasteiger partial charge in [-0.05, 0) is 29.7 Å². The Morgan fingerprint density at radius 1 is 0.895 bits per heavy atom. The highest BCUT2D eigenvalue weighted by Crippen LogP contribution is 2.22. The molecule has 2 atom stereocenters. The number of hydrogen-bond donors (Lipinski definition) is 3. The summed E-state index contributed by atoms with van der Waals surface area (Å²) in [7, 11) is 0. The molecule has 2 aromatic rings. The number of phenolic OH excluding ortho intramolecular Hbond substituents is 1. The zero-order valence-electron chi connectivity index (χ0n) is 10.6. The Morgan fingerprint density at radius 2 is 1.53 bits per heavy atom. The lowest BCUT2D eigenvalue weighted by Crippen LogP contribution is -2.24. The van der Waals surface area contributed by atoms with Gasteiger partial charge in [-0.3, -0.25) is 0 Å². The molecule has 0 aliphatic carbocycles. The first-order chi connectivity index (χ1) is 9.20. The van der Waals surface area contributed by atoms with E-state index in [-0.39, 0.29) is 18.3 Å². The van der Waals surface area contributed by atoms with E-state index in [0.717, 1.165) is 11.1 Å². The summed E-state index contributed by atoms with van der Waals surface area (Å²) in [6, 6.07) is 16.2. The number of phenols is 1. The van der Waals surface area contributed by atoms with E-state index in [9.17, 15) is 15.3 Å². The van der Waals surface area contributed by atoms with Gasteiger partial charge in [-0.1, -0.05) is 42.5 Å². The van der Waals surface area contributed by atoms with Crippen molar-refractivity contribution in [3.8, 4) is 5.75 Å². The molecule has 0 amide bonds. The monoisotopic (exact) mass is 258 g/mol. The maximum atomic E-state index is 10.3. The molecule has 0 aliphatic rings. The summed E-state index contributed by atoms with van der Waals surface area (Å²) in [6.07, 6.45) is -0.211. The first-order valence-electron chi connectivity index (χ1n) is 6.32. The maximum Gasteiger partial charge on any atom is 0.115 e.